The number of carbonyl (C=O) groups excluding carboxylic acids is 1. The van der Waals surface area contributed by atoms with Gasteiger partial charge in [-0.25, -0.2) is 0 Å². The van der Waals surface area contributed by atoms with Gasteiger partial charge in [0, 0.05) is 17.9 Å². The summed E-state index contributed by atoms with van der Waals surface area (Å²) in [7, 11) is 1.59. The van der Waals surface area contributed by atoms with Crippen molar-refractivity contribution in [1.29, 1.82) is 0 Å². The molecule has 0 atom stereocenters. The van der Waals surface area contributed by atoms with Crippen LogP contribution in [0.25, 0.3) is 0 Å². The van der Waals surface area contributed by atoms with Crippen molar-refractivity contribution in [1.82, 2.24) is 0 Å². The summed E-state index contributed by atoms with van der Waals surface area (Å²) in [4.78, 5) is 11.8. The van der Waals surface area contributed by atoms with Gasteiger partial charge in [0.2, 0.25) is 0 Å². The fourth-order valence-corrected chi connectivity index (χ4v) is 1.96. The molecule has 2 nitrogen and oxygen atoms in total. The number of methoxy groups -OCH3 is 1. The number of ketones is 1. The molecule has 1 aromatic rings. The number of benzene rings is 1. The smallest absolute Gasteiger partial charge is 0.163 e. The molecule has 0 radical (unpaired) electrons. The van der Waals surface area contributed by atoms with E-state index in [9.17, 15) is 4.79 Å². The molecule has 0 aliphatic heterocycles. The Kier molecular flexibility index (Phi) is 5.85. The van der Waals surface area contributed by atoms with E-state index in [4.69, 9.17) is 16.3 Å². The van der Waals surface area contributed by atoms with Crippen molar-refractivity contribution in [2.45, 2.75) is 19.3 Å². The second kappa shape index (κ2) is 6.92. The molecule has 4 heteroatoms. The lowest BCUT2D eigenvalue weighted by Gasteiger charge is -2.05. The number of hydrogen-bond donors (Lipinski definition) is 0. The van der Waals surface area contributed by atoms with Crippen molar-refractivity contribution in [3.05, 3.63) is 28.2 Å². The third-order valence-electron chi connectivity index (χ3n) is 2.26. The van der Waals surface area contributed by atoms with Crippen molar-refractivity contribution < 1.29 is 9.53 Å². The number of alkyl halides is 1. The van der Waals surface area contributed by atoms with E-state index < -0.39 is 0 Å². The third kappa shape index (κ3) is 3.80. The molecule has 1 rings (SSSR count). The number of carbonyl (C=O) groups is 1. The molecule has 1 aromatic carbocycles. The summed E-state index contributed by atoms with van der Waals surface area (Å²) in [5.74, 6) is 1.43. The molecule has 0 aliphatic carbocycles. The first-order valence-electron chi connectivity index (χ1n) is 5.11. The van der Waals surface area contributed by atoms with Crippen LogP contribution in [0.15, 0.2) is 22.7 Å². The number of halogens is 2. The Morgan fingerprint density at radius 1 is 1.44 bits per heavy atom. The van der Waals surface area contributed by atoms with E-state index in [0.717, 1.165) is 17.3 Å². The molecule has 0 heterocycles. The SMILES string of the molecule is COc1cc(C(=O)CCCCCl)ccc1Br. The Bertz CT molecular complexity index is 366. The quantitative estimate of drug-likeness (QED) is 0.450. The van der Waals surface area contributed by atoms with Crippen LogP contribution in [0, 0.1) is 0 Å². The molecule has 88 valence electrons. The van der Waals surface area contributed by atoms with Crippen molar-refractivity contribution in [2.24, 2.45) is 0 Å². The second-order valence-corrected chi connectivity index (χ2v) is 4.65. The minimum absolute atomic E-state index is 0.135. The van der Waals surface area contributed by atoms with Gasteiger partial charge in [-0.05, 0) is 40.9 Å². The number of rotatable bonds is 6. The molecule has 0 fully saturated rings. The lowest BCUT2D eigenvalue weighted by atomic mass is 10.1. The summed E-state index contributed by atoms with van der Waals surface area (Å²) in [6.45, 7) is 0. The van der Waals surface area contributed by atoms with E-state index in [1.807, 2.05) is 6.07 Å². The molecular weight excluding hydrogens is 291 g/mol. The average molecular weight is 306 g/mol. The average Bonchev–Trinajstić information content (AvgIpc) is 2.30. The topological polar surface area (TPSA) is 26.3 Å². The van der Waals surface area contributed by atoms with Gasteiger partial charge in [-0.15, -0.1) is 11.6 Å². The van der Waals surface area contributed by atoms with Crippen LogP contribution in [-0.2, 0) is 0 Å². The van der Waals surface area contributed by atoms with Crippen LogP contribution in [0.4, 0.5) is 0 Å². The van der Waals surface area contributed by atoms with Gasteiger partial charge in [0.1, 0.15) is 5.75 Å². The van der Waals surface area contributed by atoms with Crippen LogP contribution in [-0.4, -0.2) is 18.8 Å². The predicted molar refractivity (Wildman–Crippen MR) is 69.6 cm³/mol. The highest BCUT2D eigenvalue weighted by Gasteiger charge is 2.08. The zero-order valence-electron chi connectivity index (χ0n) is 9.13. The number of ether oxygens (including phenoxy) is 1. The maximum atomic E-state index is 11.8. The van der Waals surface area contributed by atoms with Gasteiger partial charge in [0.15, 0.2) is 5.78 Å². The summed E-state index contributed by atoms with van der Waals surface area (Å²) < 4.78 is 6.00. The molecule has 0 aliphatic rings. The van der Waals surface area contributed by atoms with Crippen LogP contribution < -0.4 is 4.74 Å². The fourth-order valence-electron chi connectivity index (χ4n) is 1.36. The lowest BCUT2D eigenvalue weighted by molar-refractivity contribution is 0.0979. The second-order valence-electron chi connectivity index (χ2n) is 3.42. The fraction of sp³-hybridized carbons (Fsp3) is 0.417. The largest absolute Gasteiger partial charge is 0.496 e. The van der Waals surface area contributed by atoms with E-state index in [-0.39, 0.29) is 5.78 Å². The first kappa shape index (κ1) is 13.5. The van der Waals surface area contributed by atoms with Gasteiger partial charge in [-0.3, -0.25) is 4.79 Å². The summed E-state index contributed by atoms with van der Waals surface area (Å²) in [5.41, 5.74) is 0.689. The molecule has 0 amide bonds. The third-order valence-corrected chi connectivity index (χ3v) is 3.18. The van der Waals surface area contributed by atoms with Crippen LogP contribution in [0.5, 0.6) is 5.75 Å². The predicted octanol–water partition coefficient (Wildman–Crippen LogP) is 4.05. The standard InChI is InChI=1S/C12H14BrClO2/c1-16-12-8-9(5-6-10(12)13)11(15)4-2-3-7-14/h5-6,8H,2-4,7H2,1H3. The highest BCUT2D eigenvalue weighted by molar-refractivity contribution is 9.10. The molecule has 0 unspecified atom stereocenters. The molecule has 0 aromatic heterocycles. The van der Waals surface area contributed by atoms with Crippen LogP contribution in [0.1, 0.15) is 29.6 Å². The Labute approximate surface area is 109 Å². The maximum Gasteiger partial charge on any atom is 0.163 e. The minimum atomic E-state index is 0.135. The lowest BCUT2D eigenvalue weighted by Crippen LogP contribution is -2.00. The van der Waals surface area contributed by atoms with Crippen LogP contribution >= 0.6 is 27.5 Å². The van der Waals surface area contributed by atoms with E-state index in [0.29, 0.717) is 23.6 Å². The molecular formula is C12H14BrClO2. The molecule has 0 bridgehead atoms. The Hall–Kier alpha value is -0.540. The van der Waals surface area contributed by atoms with E-state index >= 15 is 0 Å². The van der Waals surface area contributed by atoms with Gasteiger partial charge in [0.25, 0.3) is 0 Å². The minimum Gasteiger partial charge on any atom is -0.496 e. The monoisotopic (exact) mass is 304 g/mol. The van der Waals surface area contributed by atoms with E-state index in [1.54, 1.807) is 19.2 Å². The molecule has 0 N–H and O–H groups in total. The molecule has 0 saturated heterocycles. The van der Waals surface area contributed by atoms with Crippen LogP contribution in [0.2, 0.25) is 0 Å². The molecule has 0 spiro atoms. The van der Waals surface area contributed by atoms with Crippen molar-refractivity contribution in [3.8, 4) is 5.75 Å². The van der Waals surface area contributed by atoms with Gasteiger partial charge >= 0.3 is 0 Å². The highest BCUT2D eigenvalue weighted by atomic mass is 79.9. The van der Waals surface area contributed by atoms with Crippen LogP contribution in [0.3, 0.4) is 0 Å². The summed E-state index contributed by atoms with van der Waals surface area (Å²) in [5, 5.41) is 0. The Morgan fingerprint density at radius 3 is 2.81 bits per heavy atom. The van der Waals surface area contributed by atoms with Gasteiger partial charge in [-0.2, -0.15) is 0 Å². The summed E-state index contributed by atoms with van der Waals surface area (Å²) in [6.07, 6.45) is 2.25. The number of Topliss-reactive ketones (excluding diaryl/α,β-unsaturated/α-hetero) is 1. The highest BCUT2D eigenvalue weighted by Crippen LogP contribution is 2.26. The van der Waals surface area contributed by atoms with Crippen molar-refractivity contribution in [2.75, 3.05) is 13.0 Å². The molecule has 0 saturated carbocycles. The van der Waals surface area contributed by atoms with E-state index in [2.05, 4.69) is 15.9 Å². The number of unbranched alkanes of at least 4 members (excludes halogenated alkanes) is 1. The first-order chi connectivity index (χ1) is 7.69. The molecule has 16 heavy (non-hydrogen) atoms. The van der Waals surface area contributed by atoms with Gasteiger partial charge < -0.3 is 4.74 Å². The maximum absolute atomic E-state index is 11.8. The Morgan fingerprint density at radius 2 is 2.19 bits per heavy atom. The van der Waals surface area contributed by atoms with Crippen molar-refractivity contribution >= 4 is 33.3 Å². The normalized spacial score (nSPS) is 10.2. The zero-order chi connectivity index (χ0) is 12.0. The Balaban J connectivity index is 2.68. The zero-order valence-corrected chi connectivity index (χ0v) is 11.5. The van der Waals surface area contributed by atoms with E-state index in [1.165, 1.54) is 0 Å². The van der Waals surface area contributed by atoms with Gasteiger partial charge in [0.05, 0.1) is 11.6 Å². The summed E-state index contributed by atoms with van der Waals surface area (Å²) >= 11 is 8.91. The van der Waals surface area contributed by atoms with Gasteiger partial charge in [-0.1, -0.05) is 6.07 Å². The number of hydrogen-bond acceptors (Lipinski definition) is 2. The summed E-state index contributed by atoms with van der Waals surface area (Å²) in [6, 6.07) is 5.39. The first-order valence-corrected chi connectivity index (χ1v) is 6.44. The van der Waals surface area contributed by atoms with Crippen molar-refractivity contribution in [3.63, 3.8) is 0 Å².